The van der Waals surface area contributed by atoms with Gasteiger partial charge in [-0.1, -0.05) is 0 Å². The van der Waals surface area contributed by atoms with Crippen LogP contribution in [0.1, 0.15) is 17.2 Å². The summed E-state index contributed by atoms with van der Waals surface area (Å²) in [6, 6.07) is 0.944. The molecule has 1 aromatic rings. The molecule has 0 aliphatic carbocycles. The van der Waals surface area contributed by atoms with Crippen molar-refractivity contribution in [1.29, 1.82) is 0 Å². The highest BCUT2D eigenvalue weighted by Gasteiger charge is 2.31. The minimum Gasteiger partial charge on any atom is -0.493 e. The molecule has 1 aliphatic rings. The van der Waals surface area contributed by atoms with Gasteiger partial charge in [-0.15, -0.1) is 0 Å². The molecule has 1 aliphatic heterocycles. The topological polar surface area (TPSA) is 77.0 Å². The van der Waals surface area contributed by atoms with Crippen molar-refractivity contribution in [1.82, 2.24) is 5.32 Å². The summed E-state index contributed by atoms with van der Waals surface area (Å²) in [4.78, 5) is 11.3. The molecule has 1 unspecified atom stereocenters. The highest BCUT2D eigenvalue weighted by Crippen LogP contribution is 2.44. The molecule has 0 bridgehead atoms. The Kier molecular flexibility index (Phi) is 3.80. The number of fused-ring (bicyclic) bond motifs is 1. The predicted molar refractivity (Wildman–Crippen MR) is 68.2 cm³/mol. The van der Waals surface area contributed by atoms with Crippen molar-refractivity contribution < 1.29 is 24.1 Å². The molecule has 1 aromatic carbocycles. The number of carboxylic acids is 1. The Hall–Kier alpha value is -1.95. The first-order chi connectivity index (χ1) is 9.13. The van der Waals surface area contributed by atoms with E-state index >= 15 is 0 Å². The number of carbonyl (C=O) groups is 1. The van der Waals surface area contributed by atoms with E-state index in [1.807, 2.05) is 0 Å². The van der Waals surface area contributed by atoms with E-state index in [0.29, 0.717) is 35.8 Å². The molecule has 19 heavy (non-hydrogen) atoms. The van der Waals surface area contributed by atoms with Gasteiger partial charge in [0.05, 0.1) is 21.3 Å². The highest BCUT2D eigenvalue weighted by molar-refractivity contribution is 5.78. The summed E-state index contributed by atoms with van der Waals surface area (Å²) in [5.74, 6) is 0.586. The van der Waals surface area contributed by atoms with Crippen LogP contribution < -0.4 is 19.5 Å². The van der Waals surface area contributed by atoms with Gasteiger partial charge in [0.15, 0.2) is 11.5 Å². The predicted octanol–water partition coefficient (Wildman–Crippen LogP) is 0.984. The Labute approximate surface area is 111 Å². The number of nitrogens with one attached hydrogen (secondary N) is 1. The molecule has 0 saturated carbocycles. The summed E-state index contributed by atoms with van der Waals surface area (Å²) in [6.45, 7) is 0.579. The van der Waals surface area contributed by atoms with Crippen LogP contribution in [0, 0.1) is 0 Å². The van der Waals surface area contributed by atoms with Crippen LogP contribution in [0.4, 0.5) is 0 Å². The molecular weight excluding hydrogens is 250 g/mol. The van der Waals surface area contributed by atoms with Crippen molar-refractivity contribution >= 4 is 5.97 Å². The van der Waals surface area contributed by atoms with Gasteiger partial charge in [0.1, 0.15) is 6.04 Å². The van der Waals surface area contributed by atoms with Crippen LogP contribution >= 0.6 is 0 Å². The van der Waals surface area contributed by atoms with Crippen LogP contribution in [0.5, 0.6) is 17.2 Å². The summed E-state index contributed by atoms with van der Waals surface area (Å²) < 4.78 is 15.9. The lowest BCUT2D eigenvalue weighted by Gasteiger charge is -2.27. The number of methoxy groups -OCH3 is 3. The van der Waals surface area contributed by atoms with Crippen LogP contribution in [-0.2, 0) is 11.2 Å². The summed E-state index contributed by atoms with van der Waals surface area (Å²) >= 11 is 0. The second-order valence-corrected chi connectivity index (χ2v) is 4.19. The van der Waals surface area contributed by atoms with E-state index < -0.39 is 12.0 Å². The number of hydrogen-bond donors (Lipinski definition) is 2. The zero-order valence-corrected chi connectivity index (χ0v) is 11.1. The third-order valence-corrected chi connectivity index (χ3v) is 3.25. The van der Waals surface area contributed by atoms with Crippen molar-refractivity contribution in [2.24, 2.45) is 0 Å². The van der Waals surface area contributed by atoms with E-state index in [2.05, 4.69) is 5.32 Å². The van der Waals surface area contributed by atoms with Gasteiger partial charge in [-0.25, -0.2) is 0 Å². The van der Waals surface area contributed by atoms with Crippen LogP contribution in [0.25, 0.3) is 0 Å². The molecule has 6 nitrogen and oxygen atoms in total. The Morgan fingerprint density at radius 3 is 2.47 bits per heavy atom. The average Bonchev–Trinajstić information content (AvgIpc) is 2.43. The van der Waals surface area contributed by atoms with Gasteiger partial charge in [0.2, 0.25) is 5.75 Å². The Balaban J connectivity index is 2.66. The fourth-order valence-electron chi connectivity index (χ4n) is 2.42. The van der Waals surface area contributed by atoms with E-state index in [1.54, 1.807) is 6.07 Å². The van der Waals surface area contributed by atoms with Crippen molar-refractivity contribution in [3.8, 4) is 17.2 Å². The van der Waals surface area contributed by atoms with Gasteiger partial charge in [-0.3, -0.25) is 4.79 Å². The average molecular weight is 267 g/mol. The SMILES string of the molecule is COc1cc2c(c(OC)c1OC)CCNC2C(=O)O. The van der Waals surface area contributed by atoms with Crippen molar-refractivity contribution in [2.45, 2.75) is 12.5 Å². The molecule has 0 amide bonds. The van der Waals surface area contributed by atoms with Gasteiger partial charge in [-0.05, 0) is 18.1 Å². The maximum atomic E-state index is 11.3. The lowest BCUT2D eigenvalue weighted by molar-refractivity contribution is -0.139. The maximum absolute atomic E-state index is 11.3. The molecule has 0 fully saturated rings. The number of rotatable bonds is 4. The maximum Gasteiger partial charge on any atom is 0.325 e. The Morgan fingerprint density at radius 1 is 1.26 bits per heavy atom. The highest BCUT2D eigenvalue weighted by atomic mass is 16.5. The zero-order valence-electron chi connectivity index (χ0n) is 11.1. The molecule has 1 heterocycles. The van der Waals surface area contributed by atoms with Crippen LogP contribution in [0.3, 0.4) is 0 Å². The quantitative estimate of drug-likeness (QED) is 0.847. The van der Waals surface area contributed by atoms with Gasteiger partial charge in [0.25, 0.3) is 0 Å². The third-order valence-electron chi connectivity index (χ3n) is 3.25. The van der Waals surface area contributed by atoms with Crippen molar-refractivity contribution in [3.63, 3.8) is 0 Å². The van der Waals surface area contributed by atoms with Gasteiger partial charge < -0.3 is 24.6 Å². The molecule has 0 saturated heterocycles. The van der Waals surface area contributed by atoms with E-state index in [4.69, 9.17) is 14.2 Å². The number of benzene rings is 1. The lowest BCUT2D eigenvalue weighted by atomic mass is 9.92. The van der Waals surface area contributed by atoms with Crippen LogP contribution in [-0.4, -0.2) is 38.9 Å². The first-order valence-corrected chi connectivity index (χ1v) is 5.92. The number of carboxylic acid groups (broad SMARTS) is 1. The number of aliphatic carboxylic acids is 1. The molecule has 1 atom stereocenters. The van der Waals surface area contributed by atoms with E-state index in [0.717, 1.165) is 5.56 Å². The normalized spacial score (nSPS) is 17.5. The van der Waals surface area contributed by atoms with Crippen molar-refractivity contribution in [2.75, 3.05) is 27.9 Å². The van der Waals surface area contributed by atoms with Crippen molar-refractivity contribution in [3.05, 3.63) is 17.2 Å². The molecule has 0 aromatic heterocycles. The number of ether oxygens (including phenoxy) is 3. The molecule has 2 N–H and O–H groups in total. The molecule has 104 valence electrons. The van der Waals surface area contributed by atoms with E-state index in [-0.39, 0.29) is 0 Å². The van der Waals surface area contributed by atoms with Crippen LogP contribution in [0.2, 0.25) is 0 Å². The van der Waals surface area contributed by atoms with Gasteiger partial charge >= 0.3 is 5.97 Å². The second kappa shape index (κ2) is 5.36. The van der Waals surface area contributed by atoms with E-state index in [9.17, 15) is 9.90 Å². The zero-order chi connectivity index (χ0) is 14.0. The van der Waals surface area contributed by atoms with Gasteiger partial charge in [0, 0.05) is 12.1 Å². The first-order valence-electron chi connectivity index (χ1n) is 5.92. The largest absolute Gasteiger partial charge is 0.493 e. The molecular formula is C13H17NO5. The minimum absolute atomic E-state index is 0.466. The number of hydrogen-bond acceptors (Lipinski definition) is 5. The molecule has 6 heteroatoms. The second-order valence-electron chi connectivity index (χ2n) is 4.19. The standard InChI is InChI=1S/C13H17NO5/c1-17-9-6-8-7(11(18-2)12(9)19-3)4-5-14-10(8)13(15)16/h6,10,14H,4-5H2,1-3H3,(H,15,16). The molecule has 0 spiro atoms. The summed E-state index contributed by atoms with van der Waals surface area (Å²) in [6.07, 6.45) is 0.683. The monoisotopic (exact) mass is 267 g/mol. The summed E-state index contributed by atoms with van der Waals surface area (Å²) in [7, 11) is 4.58. The Morgan fingerprint density at radius 2 is 1.95 bits per heavy atom. The Bertz CT molecular complexity index is 500. The van der Waals surface area contributed by atoms with Gasteiger partial charge in [-0.2, -0.15) is 0 Å². The van der Waals surface area contributed by atoms with Crippen LogP contribution in [0.15, 0.2) is 6.07 Å². The lowest BCUT2D eigenvalue weighted by Crippen LogP contribution is -2.35. The minimum atomic E-state index is -0.921. The molecule has 0 radical (unpaired) electrons. The fourth-order valence-corrected chi connectivity index (χ4v) is 2.42. The molecule has 2 rings (SSSR count). The third kappa shape index (κ3) is 2.19. The van der Waals surface area contributed by atoms with E-state index in [1.165, 1.54) is 21.3 Å². The first kappa shape index (κ1) is 13.5. The summed E-state index contributed by atoms with van der Waals surface area (Å²) in [5, 5.41) is 12.2. The smallest absolute Gasteiger partial charge is 0.325 e. The fraction of sp³-hybridized carbons (Fsp3) is 0.462. The summed E-state index contributed by atoms with van der Waals surface area (Å²) in [5.41, 5.74) is 1.51.